The number of benzene rings is 1. The average Bonchev–Trinajstić information content (AvgIpc) is 2.75. The number of hydrogen-bond acceptors (Lipinski definition) is 3. The van der Waals surface area contributed by atoms with Crippen LogP contribution in [0.25, 0.3) is 0 Å². The van der Waals surface area contributed by atoms with E-state index < -0.39 is 10.2 Å². The van der Waals surface area contributed by atoms with Crippen LogP contribution in [0.15, 0.2) is 18.2 Å². The van der Waals surface area contributed by atoms with Gasteiger partial charge in [-0.3, -0.25) is 4.31 Å². The smallest absolute Gasteiger partial charge is 0.304 e. The first-order valence-corrected chi connectivity index (χ1v) is 9.15. The van der Waals surface area contributed by atoms with Gasteiger partial charge in [0.15, 0.2) is 0 Å². The minimum atomic E-state index is -3.41. The molecule has 0 amide bonds. The Kier molecular flexibility index (Phi) is 4.08. The molecule has 0 spiro atoms. The largest absolute Gasteiger partial charge is 0.399 e. The molecule has 5 nitrogen and oxygen atoms in total. The number of nitrogens with zero attached hydrogens (tertiary/aromatic N) is 2. The fourth-order valence-electron chi connectivity index (χ4n) is 3.23. The van der Waals surface area contributed by atoms with Gasteiger partial charge >= 0.3 is 10.2 Å². The van der Waals surface area contributed by atoms with E-state index in [4.69, 9.17) is 5.73 Å². The number of anilines is 2. The normalized spacial score (nSPS) is 20.9. The second-order valence-corrected chi connectivity index (χ2v) is 7.74. The molecule has 0 aliphatic carbocycles. The molecule has 0 saturated carbocycles. The SMILES string of the molecule is Nc1ccc2c(c1)CCCN2S(=O)(=O)N1CCCCCC1. The van der Waals surface area contributed by atoms with Gasteiger partial charge in [-0.1, -0.05) is 12.8 Å². The van der Waals surface area contributed by atoms with Crippen LogP contribution in [0.2, 0.25) is 0 Å². The number of nitrogen functional groups attached to an aromatic ring is 1. The summed E-state index contributed by atoms with van der Waals surface area (Å²) >= 11 is 0. The molecule has 2 heterocycles. The molecule has 1 aromatic rings. The molecule has 116 valence electrons. The van der Waals surface area contributed by atoms with Crippen molar-refractivity contribution in [2.24, 2.45) is 0 Å². The Bertz CT molecular complexity index is 607. The highest BCUT2D eigenvalue weighted by atomic mass is 32.2. The summed E-state index contributed by atoms with van der Waals surface area (Å²) in [6.07, 6.45) is 5.91. The molecule has 2 aliphatic rings. The Labute approximate surface area is 126 Å². The highest BCUT2D eigenvalue weighted by Gasteiger charge is 2.33. The minimum absolute atomic E-state index is 0.565. The van der Waals surface area contributed by atoms with Gasteiger partial charge in [0, 0.05) is 25.3 Å². The Morgan fingerprint density at radius 1 is 0.952 bits per heavy atom. The quantitative estimate of drug-likeness (QED) is 0.851. The van der Waals surface area contributed by atoms with E-state index in [0.717, 1.165) is 49.8 Å². The van der Waals surface area contributed by atoms with Crippen molar-refractivity contribution in [3.63, 3.8) is 0 Å². The van der Waals surface area contributed by atoms with Crippen LogP contribution < -0.4 is 10.0 Å². The van der Waals surface area contributed by atoms with Gasteiger partial charge in [0.2, 0.25) is 0 Å². The average molecular weight is 309 g/mol. The third-order valence-corrected chi connectivity index (χ3v) is 6.30. The van der Waals surface area contributed by atoms with Crippen molar-refractivity contribution in [3.05, 3.63) is 23.8 Å². The van der Waals surface area contributed by atoms with Crippen molar-refractivity contribution < 1.29 is 8.42 Å². The first-order chi connectivity index (χ1) is 10.1. The molecule has 1 aromatic carbocycles. The zero-order chi connectivity index (χ0) is 14.9. The standard InChI is InChI=1S/C15H23N3O2S/c16-14-7-8-15-13(12-14)6-5-11-18(15)21(19,20)17-9-3-1-2-4-10-17/h7-8,12H,1-6,9-11,16H2. The summed E-state index contributed by atoms with van der Waals surface area (Å²) in [5.74, 6) is 0. The van der Waals surface area contributed by atoms with E-state index in [1.54, 1.807) is 14.7 Å². The van der Waals surface area contributed by atoms with Gasteiger partial charge in [-0.25, -0.2) is 0 Å². The lowest BCUT2D eigenvalue weighted by molar-refractivity contribution is 0.420. The van der Waals surface area contributed by atoms with Crippen LogP contribution in [0, 0.1) is 0 Å². The van der Waals surface area contributed by atoms with E-state index in [2.05, 4.69) is 0 Å². The second kappa shape index (κ2) is 5.85. The Hall–Kier alpha value is -1.27. The molecule has 0 aromatic heterocycles. The molecule has 6 heteroatoms. The molecule has 0 bridgehead atoms. The number of hydrogen-bond donors (Lipinski definition) is 1. The third kappa shape index (κ3) is 2.87. The highest BCUT2D eigenvalue weighted by Crippen LogP contribution is 2.32. The lowest BCUT2D eigenvalue weighted by atomic mass is 10.0. The summed E-state index contributed by atoms with van der Waals surface area (Å²) in [5, 5.41) is 0. The maximum absolute atomic E-state index is 13.0. The molecule has 3 rings (SSSR count). The van der Waals surface area contributed by atoms with Crippen molar-refractivity contribution in [2.75, 3.05) is 29.7 Å². The summed E-state index contributed by atoms with van der Waals surface area (Å²) < 4.78 is 29.2. The highest BCUT2D eigenvalue weighted by molar-refractivity contribution is 7.90. The molecule has 0 radical (unpaired) electrons. The van der Waals surface area contributed by atoms with Crippen LogP contribution in [0.1, 0.15) is 37.7 Å². The Morgan fingerprint density at radius 3 is 2.38 bits per heavy atom. The summed E-state index contributed by atoms with van der Waals surface area (Å²) in [6, 6.07) is 5.54. The predicted molar refractivity (Wildman–Crippen MR) is 85.5 cm³/mol. The molecule has 0 atom stereocenters. The van der Waals surface area contributed by atoms with Crippen molar-refractivity contribution in [2.45, 2.75) is 38.5 Å². The summed E-state index contributed by atoms with van der Waals surface area (Å²) in [5.41, 5.74) is 8.37. The lowest BCUT2D eigenvalue weighted by Crippen LogP contribution is -2.46. The van der Waals surface area contributed by atoms with Crippen LogP contribution in [0.3, 0.4) is 0 Å². The van der Waals surface area contributed by atoms with E-state index in [1.807, 2.05) is 12.1 Å². The predicted octanol–water partition coefficient (Wildman–Crippen LogP) is 2.14. The number of aryl methyl sites for hydroxylation is 1. The van der Waals surface area contributed by atoms with Gasteiger partial charge in [0.05, 0.1) is 5.69 Å². The van der Waals surface area contributed by atoms with Gasteiger partial charge in [0.25, 0.3) is 0 Å². The van der Waals surface area contributed by atoms with E-state index in [1.165, 1.54) is 0 Å². The van der Waals surface area contributed by atoms with Crippen LogP contribution in [0.4, 0.5) is 11.4 Å². The van der Waals surface area contributed by atoms with Crippen LogP contribution >= 0.6 is 0 Å². The first kappa shape index (κ1) is 14.7. The van der Waals surface area contributed by atoms with E-state index in [-0.39, 0.29) is 0 Å². The molecule has 0 unspecified atom stereocenters. The third-order valence-electron chi connectivity index (χ3n) is 4.35. The summed E-state index contributed by atoms with van der Waals surface area (Å²) in [4.78, 5) is 0. The van der Waals surface area contributed by atoms with E-state index in [0.29, 0.717) is 25.3 Å². The fourth-order valence-corrected chi connectivity index (χ4v) is 5.02. The van der Waals surface area contributed by atoms with Gasteiger partial charge in [-0.05, 0) is 49.4 Å². The van der Waals surface area contributed by atoms with Crippen LogP contribution in [-0.4, -0.2) is 32.4 Å². The number of fused-ring (bicyclic) bond motifs is 1. The van der Waals surface area contributed by atoms with Gasteiger partial charge < -0.3 is 5.73 Å². The first-order valence-electron chi connectivity index (χ1n) is 7.75. The summed E-state index contributed by atoms with van der Waals surface area (Å²) in [7, 11) is -3.41. The Morgan fingerprint density at radius 2 is 1.67 bits per heavy atom. The van der Waals surface area contributed by atoms with Crippen LogP contribution in [-0.2, 0) is 16.6 Å². The molecule has 2 N–H and O–H groups in total. The van der Waals surface area contributed by atoms with Gasteiger partial charge in [0.1, 0.15) is 0 Å². The zero-order valence-corrected chi connectivity index (χ0v) is 13.1. The topological polar surface area (TPSA) is 66.6 Å². The van der Waals surface area contributed by atoms with Crippen LogP contribution in [0.5, 0.6) is 0 Å². The van der Waals surface area contributed by atoms with Crippen molar-refractivity contribution in [3.8, 4) is 0 Å². The van der Waals surface area contributed by atoms with Gasteiger partial charge in [-0.15, -0.1) is 0 Å². The summed E-state index contributed by atoms with van der Waals surface area (Å²) in [6.45, 7) is 1.85. The molecule has 1 saturated heterocycles. The lowest BCUT2D eigenvalue weighted by Gasteiger charge is -2.34. The number of nitrogens with two attached hydrogens (primary N) is 1. The zero-order valence-electron chi connectivity index (χ0n) is 12.3. The number of rotatable bonds is 2. The van der Waals surface area contributed by atoms with E-state index in [9.17, 15) is 8.42 Å². The molecule has 1 fully saturated rings. The van der Waals surface area contributed by atoms with Crippen molar-refractivity contribution >= 4 is 21.6 Å². The monoisotopic (exact) mass is 309 g/mol. The maximum Gasteiger partial charge on any atom is 0.304 e. The van der Waals surface area contributed by atoms with E-state index >= 15 is 0 Å². The fraction of sp³-hybridized carbons (Fsp3) is 0.600. The maximum atomic E-state index is 13.0. The molecule has 21 heavy (non-hydrogen) atoms. The molecular formula is C15H23N3O2S. The second-order valence-electron chi connectivity index (χ2n) is 5.88. The van der Waals surface area contributed by atoms with Crippen molar-refractivity contribution in [1.82, 2.24) is 4.31 Å². The molecule has 2 aliphatic heterocycles. The molecular weight excluding hydrogens is 286 g/mol. The van der Waals surface area contributed by atoms with Gasteiger partial charge in [-0.2, -0.15) is 12.7 Å². The minimum Gasteiger partial charge on any atom is -0.399 e. The van der Waals surface area contributed by atoms with Crippen molar-refractivity contribution in [1.29, 1.82) is 0 Å². The Balaban J connectivity index is 1.93.